The van der Waals surface area contributed by atoms with Gasteiger partial charge >= 0.3 is 0 Å². The number of ketones is 1. The van der Waals surface area contributed by atoms with E-state index in [1.54, 1.807) is 11.3 Å². The number of amides is 1. The molecule has 2 aromatic rings. The molecule has 0 bridgehead atoms. The Balaban J connectivity index is 1.41. The second-order valence-electron chi connectivity index (χ2n) is 8.99. The Morgan fingerprint density at radius 2 is 1.65 bits per heavy atom. The van der Waals surface area contributed by atoms with Crippen LogP contribution in [0.15, 0.2) is 35.7 Å². The van der Waals surface area contributed by atoms with E-state index < -0.39 is 0 Å². The average molecular weight is 441 g/mol. The van der Waals surface area contributed by atoms with Crippen molar-refractivity contribution in [2.75, 3.05) is 33.2 Å². The minimum absolute atomic E-state index is 0.191. The van der Waals surface area contributed by atoms with E-state index in [1.165, 1.54) is 16.7 Å². The Morgan fingerprint density at radius 1 is 0.935 bits per heavy atom. The molecule has 5 heteroatoms. The topological polar surface area (TPSA) is 40.6 Å². The van der Waals surface area contributed by atoms with Crippen LogP contribution in [0.3, 0.4) is 0 Å². The van der Waals surface area contributed by atoms with Gasteiger partial charge in [-0.15, -0.1) is 11.3 Å². The Labute approximate surface area is 191 Å². The van der Waals surface area contributed by atoms with Crippen molar-refractivity contribution in [3.8, 4) is 0 Å². The number of hydrogen-bond acceptors (Lipinski definition) is 4. The number of carbonyl (C=O) groups excluding carboxylic acids is 2. The molecule has 1 aliphatic heterocycles. The van der Waals surface area contributed by atoms with Gasteiger partial charge in [0.2, 0.25) is 5.91 Å². The molecule has 1 fully saturated rings. The first-order valence-corrected chi connectivity index (χ1v) is 12.5. The normalized spacial score (nSPS) is 14.9. The van der Waals surface area contributed by atoms with Gasteiger partial charge in [0.25, 0.3) is 0 Å². The summed E-state index contributed by atoms with van der Waals surface area (Å²) in [6, 6.07) is 11.0. The first-order chi connectivity index (χ1) is 14.9. The van der Waals surface area contributed by atoms with Crippen LogP contribution in [-0.2, 0) is 17.6 Å². The van der Waals surface area contributed by atoms with Crippen LogP contribution >= 0.6 is 11.3 Å². The smallest absolute Gasteiger partial charge is 0.222 e. The SMILES string of the molecule is CC(C)c1ccc(CCCc2ccsc2C(=O)CCCC(=O)N2CCN(C)CC2)cc1. The average Bonchev–Trinajstić information content (AvgIpc) is 3.23. The zero-order valence-corrected chi connectivity index (χ0v) is 20.0. The number of piperazine rings is 1. The monoisotopic (exact) mass is 440 g/mol. The maximum Gasteiger partial charge on any atom is 0.222 e. The highest BCUT2D eigenvalue weighted by molar-refractivity contribution is 7.12. The highest BCUT2D eigenvalue weighted by atomic mass is 32.1. The number of aryl methyl sites for hydroxylation is 2. The molecular weight excluding hydrogens is 404 g/mol. The quantitative estimate of drug-likeness (QED) is 0.478. The van der Waals surface area contributed by atoms with Gasteiger partial charge in [-0.2, -0.15) is 0 Å². The van der Waals surface area contributed by atoms with Crippen LogP contribution in [0.5, 0.6) is 0 Å². The third-order valence-corrected chi connectivity index (χ3v) is 7.21. The van der Waals surface area contributed by atoms with Gasteiger partial charge in [-0.05, 0) is 66.8 Å². The number of Topliss-reactive ketones (excluding diaryl/α,β-unsaturated/α-hetero) is 1. The number of carbonyl (C=O) groups is 2. The lowest BCUT2D eigenvalue weighted by Crippen LogP contribution is -2.47. The van der Waals surface area contributed by atoms with Gasteiger partial charge in [0.1, 0.15) is 0 Å². The predicted molar refractivity (Wildman–Crippen MR) is 129 cm³/mol. The predicted octanol–water partition coefficient (Wildman–Crippen LogP) is 5.17. The van der Waals surface area contributed by atoms with E-state index in [-0.39, 0.29) is 11.7 Å². The van der Waals surface area contributed by atoms with Gasteiger partial charge in [-0.3, -0.25) is 9.59 Å². The summed E-state index contributed by atoms with van der Waals surface area (Å²) in [5.41, 5.74) is 3.90. The second kappa shape index (κ2) is 11.6. The summed E-state index contributed by atoms with van der Waals surface area (Å²) in [6.07, 6.45) is 4.58. The molecule has 168 valence electrons. The van der Waals surface area contributed by atoms with Crippen molar-refractivity contribution in [1.29, 1.82) is 0 Å². The van der Waals surface area contributed by atoms with E-state index in [2.05, 4.69) is 56.1 Å². The van der Waals surface area contributed by atoms with E-state index in [9.17, 15) is 9.59 Å². The van der Waals surface area contributed by atoms with Crippen molar-refractivity contribution in [3.63, 3.8) is 0 Å². The molecule has 1 amide bonds. The maximum absolute atomic E-state index is 12.7. The van der Waals surface area contributed by atoms with Crippen LogP contribution in [0.1, 0.15) is 71.8 Å². The van der Waals surface area contributed by atoms with Crippen molar-refractivity contribution in [2.24, 2.45) is 0 Å². The standard InChI is InChI=1S/C26H36N2O2S/c1-20(2)22-12-10-21(11-13-22)6-4-7-23-14-19-31-26(23)24(29)8-5-9-25(30)28-17-15-27(3)16-18-28/h10-14,19-20H,4-9,15-18H2,1-3H3. The molecule has 2 heterocycles. The minimum atomic E-state index is 0.191. The molecule has 31 heavy (non-hydrogen) atoms. The molecule has 4 nitrogen and oxygen atoms in total. The van der Waals surface area contributed by atoms with E-state index >= 15 is 0 Å². The van der Waals surface area contributed by atoms with Crippen molar-refractivity contribution >= 4 is 23.0 Å². The molecule has 3 rings (SSSR count). The highest BCUT2D eigenvalue weighted by Gasteiger charge is 2.19. The molecule has 0 aliphatic carbocycles. The lowest BCUT2D eigenvalue weighted by atomic mass is 9.98. The highest BCUT2D eigenvalue weighted by Crippen LogP contribution is 2.23. The van der Waals surface area contributed by atoms with Gasteiger partial charge in [-0.25, -0.2) is 0 Å². The second-order valence-corrected chi connectivity index (χ2v) is 9.90. The molecular formula is C26H36N2O2S. The lowest BCUT2D eigenvalue weighted by molar-refractivity contribution is -0.132. The fourth-order valence-electron chi connectivity index (χ4n) is 4.06. The van der Waals surface area contributed by atoms with Gasteiger partial charge in [0.05, 0.1) is 4.88 Å². The van der Waals surface area contributed by atoms with Crippen LogP contribution in [0, 0.1) is 0 Å². The Kier molecular flexibility index (Phi) is 8.85. The van der Waals surface area contributed by atoms with Crippen LogP contribution in [-0.4, -0.2) is 54.7 Å². The first kappa shape index (κ1) is 23.7. The minimum Gasteiger partial charge on any atom is -0.340 e. The fourth-order valence-corrected chi connectivity index (χ4v) is 4.98. The van der Waals surface area contributed by atoms with Crippen LogP contribution < -0.4 is 0 Å². The molecule has 0 saturated carbocycles. The molecule has 0 spiro atoms. The van der Waals surface area contributed by atoms with Crippen molar-refractivity contribution < 1.29 is 9.59 Å². The third kappa shape index (κ3) is 7.01. The Morgan fingerprint density at radius 3 is 2.32 bits per heavy atom. The first-order valence-electron chi connectivity index (χ1n) is 11.6. The van der Waals surface area contributed by atoms with Crippen molar-refractivity contribution in [3.05, 3.63) is 57.3 Å². The molecule has 0 atom stereocenters. The van der Waals surface area contributed by atoms with Gasteiger partial charge in [0.15, 0.2) is 5.78 Å². The lowest BCUT2D eigenvalue weighted by Gasteiger charge is -2.32. The molecule has 0 N–H and O–H groups in total. The van der Waals surface area contributed by atoms with Crippen molar-refractivity contribution in [1.82, 2.24) is 9.80 Å². The molecule has 0 radical (unpaired) electrons. The summed E-state index contributed by atoms with van der Waals surface area (Å²) >= 11 is 1.55. The number of thiophene rings is 1. The van der Waals surface area contributed by atoms with Crippen molar-refractivity contribution in [2.45, 2.75) is 58.3 Å². The Bertz CT molecular complexity index is 849. The summed E-state index contributed by atoms with van der Waals surface area (Å²) < 4.78 is 0. The number of likely N-dealkylation sites (N-methyl/N-ethyl adjacent to an activating group) is 1. The van der Waals surface area contributed by atoms with Gasteiger partial charge in [0, 0.05) is 39.0 Å². The zero-order chi connectivity index (χ0) is 22.2. The largest absolute Gasteiger partial charge is 0.340 e. The number of benzene rings is 1. The molecule has 1 aromatic heterocycles. The number of rotatable bonds is 10. The maximum atomic E-state index is 12.7. The van der Waals surface area contributed by atoms with Crippen LogP contribution in [0.2, 0.25) is 0 Å². The molecule has 1 aliphatic rings. The summed E-state index contributed by atoms with van der Waals surface area (Å²) in [6.45, 7) is 7.91. The Hall–Kier alpha value is -1.98. The molecule has 0 unspecified atom stereocenters. The summed E-state index contributed by atoms with van der Waals surface area (Å²) in [7, 11) is 2.08. The van der Waals surface area contributed by atoms with E-state index in [0.717, 1.165) is 50.3 Å². The number of hydrogen-bond donors (Lipinski definition) is 0. The number of nitrogens with zero attached hydrogens (tertiary/aromatic N) is 2. The van der Waals surface area contributed by atoms with Crippen LogP contribution in [0.25, 0.3) is 0 Å². The summed E-state index contributed by atoms with van der Waals surface area (Å²) in [4.78, 5) is 30.2. The summed E-state index contributed by atoms with van der Waals surface area (Å²) in [5.74, 6) is 0.943. The van der Waals surface area contributed by atoms with E-state index in [0.29, 0.717) is 25.2 Å². The third-order valence-electron chi connectivity index (χ3n) is 6.21. The van der Waals surface area contributed by atoms with E-state index in [1.807, 2.05) is 10.3 Å². The zero-order valence-electron chi connectivity index (χ0n) is 19.2. The molecule has 1 aromatic carbocycles. The van der Waals surface area contributed by atoms with Crippen LogP contribution in [0.4, 0.5) is 0 Å². The summed E-state index contributed by atoms with van der Waals surface area (Å²) in [5, 5.41) is 2.02. The van der Waals surface area contributed by atoms with Gasteiger partial charge in [-0.1, -0.05) is 38.1 Å². The van der Waals surface area contributed by atoms with Gasteiger partial charge < -0.3 is 9.80 Å². The van der Waals surface area contributed by atoms with E-state index in [4.69, 9.17) is 0 Å². The fraction of sp³-hybridized carbons (Fsp3) is 0.538. The molecule has 1 saturated heterocycles.